The summed E-state index contributed by atoms with van der Waals surface area (Å²) in [6.07, 6.45) is 2.26. The predicted molar refractivity (Wildman–Crippen MR) is 255 cm³/mol. The van der Waals surface area contributed by atoms with Crippen molar-refractivity contribution in [3.8, 4) is 23.0 Å². The van der Waals surface area contributed by atoms with E-state index < -0.39 is 23.4 Å². The lowest BCUT2D eigenvalue weighted by atomic mass is 10.0. The minimum absolute atomic E-state index is 0.106. The van der Waals surface area contributed by atoms with Gasteiger partial charge in [0.05, 0.1) is 36.8 Å². The number of nitrogen functional groups attached to an aromatic ring is 1. The van der Waals surface area contributed by atoms with E-state index in [0.29, 0.717) is 65.7 Å². The van der Waals surface area contributed by atoms with E-state index in [2.05, 4.69) is 45.0 Å². The number of fused-ring (bicyclic) bond motifs is 2. The van der Waals surface area contributed by atoms with Crippen LogP contribution in [0.15, 0.2) is 41.8 Å². The fourth-order valence-corrected chi connectivity index (χ4v) is 9.32. The van der Waals surface area contributed by atoms with Gasteiger partial charge in [0.2, 0.25) is 0 Å². The number of alkyl carbamates (subject to hydrolysis) is 2. The van der Waals surface area contributed by atoms with Gasteiger partial charge in [-0.15, -0.1) is 11.3 Å². The molecule has 3 aromatic heterocycles. The number of anilines is 2. The Labute approximate surface area is 384 Å². The normalized spacial score (nSPS) is 16.7. The topological polar surface area (TPSA) is 197 Å². The van der Waals surface area contributed by atoms with Crippen LogP contribution in [-0.2, 0) is 23.1 Å². The zero-order valence-electron chi connectivity index (χ0n) is 39.5. The van der Waals surface area contributed by atoms with E-state index in [1.165, 1.54) is 17.3 Å². The van der Waals surface area contributed by atoms with E-state index in [1.54, 1.807) is 53.5 Å². The summed E-state index contributed by atoms with van der Waals surface area (Å²) in [6, 6.07) is 10.9. The number of thiophene rings is 1. The number of hydrogen-bond acceptors (Lipinski definition) is 12. The maximum Gasteiger partial charge on any atom is 0.407 e. The van der Waals surface area contributed by atoms with Crippen molar-refractivity contribution in [1.82, 2.24) is 34.6 Å². The van der Waals surface area contributed by atoms with Crippen LogP contribution in [-0.4, -0.2) is 119 Å². The average Bonchev–Trinajstić information content (AvgIpc) is 3.94. The fourth-order valence-electron chi connectivity index (χ4n) is 8.35. The summed E-state index contributed by atoms with van der Waals surface area (Å²) in [7, 11) is 6.87. The molecule has 0 unspecified atom stereocenters. The molecule has 17 nitrogen and oxygen atoms in total. The number of piperidine rings is 2. The first-order chi connectivity index (χ1) is 30.7. The zero-order valence-corrected chi connectivity index (χ0v) is 40.4. The van der Waals surface area contributed by atoms with Crippen molar-refractivity contribution in [2.75, 3.05) is 58.5 Å². The van der Waals surface area contributed by atoms with Crippen molar-refractivity contribution in [2.45, 2.75) is 104 Å². The molecule has 2 aromatic carbocycles. The quantitative estimate of drug-likeness (QED) is 0.105. The third-order valence-corrected chi connectivity index (χ3v) is 12.1. The van der Waals surface area contributed by atoms with Crippen LogP contribution in [0.5, 0.6) is 11.5 Å². The summed E-state index contributed by atoms with van der Waals surface area (Å²) < 4.78 is 26.1. The van der Waals surface area contributed by atoms with Gasteiger partial charge in [-0.1, -0.05) is 0 Å². The minimum atomic E-state index is -0.573. The Morgan fingerprint density at radius 3 is 1.86 bits per heavy atom. The fraction of sp³-hybridized carbons (Fsp3) is 0.511. The molecule has 4 amide bonds. The number of rotatable bonds is 9. The highest BCUT2D eigenvalue weighted by Crippen LogP contribution is 2.36. The van der Waals surface area contributed by atoms with Crippen LogP contribution in [0, 0.1) is 0 Å². The van der Waals surface area contributed by atoms with Crippen molar-refractivity contribution >= 4 is 68.0 Å². The predicted octanol–water partition coefficient (Wildman–Crippen LogP) is 7.86. The Kier molecular flexibility index (Phi) is 14.8. The molecule has 2 atom stereocenters. The van der Waals surface area contributed by atoms with Crippen molar-refractivity contribution in [2.24, 2.45) is 7.05 Å². The molecule has 2 aliphatic heterocycles. The van der Waals surface area contributed by atoms with Crippen molar-refractivity contribution in [3.05, 3.63) is 52.9 Å². The van der Waals surface area contributed by atoms with Crippen molar-refractivity contribution in [1.29, 1.82) is 0 Å². The average molecular weight is 916 g/mol. The lowest BCUT2D eigenvalue weighted by Crippen LogP contribution is -2.50. The number of nitrogens with two attached hydrogens (primary N) is 1. The maximum atomic E-state index is 13.6. The number of amides is 4. The molecule has 7 rings (SSSR count). The van der Waals surface area contributed by atoms with E-state index in [0.717, 1.165) is 49.3 Å². The van der Waals surface area contributed by atoms with E-state index in [-0.39, 0.29) is 23.9 Å². The number of hydrogen-bond donors (Lipinski definition) is 4. The van der Waals surface area contributed by atoms with Crippen LogP contribution in [0.25, 0.3) is 32.8 Å². The molecule has 0 bridgehead atoms. The highest BCUT2D eigenvalue weighted by atomic mass is 32.1. The summed E-state index contributed by atoms with van der Waals surface area (Å²) >= 11 is 1.72. The molecule has 2 aliphatic rings. The highest BCUT2D eigenvalue weighted by Gasteiger charge is 2.30. The molecule has 65 heavy (non-hydrogen) atoms. The van der Waals surface area contributed by atoms with Gasteiger partial charge in [-0.2, -0.15) is 0 Å². The first-order valence-electron chi connectivity index (χ1n) is 22.1. The van der Waals surface area contributed by atoms with Gasteiger partial charge in [-0.25, -0.2) is 14.6 Å². The molecule has 5 heterocycles. The number of carbonyl (C=O) groups is 4. The number of carbonyl (C=O) groups excluding carboxylic acids is 4. The smallest absolute Gasteiger partial charge is 0.407 e. The summed E-state index contributed by atoms with van der Waals surface area (Å²) in [5.41, 5.74) is 9.57. The number of likely N-dealkylation sites (tertiary alicyclic amines) is 2. The molecule has 5 N–H and O–H groups in total. The van der Waals surface area contributed by atoms with Crippen LogP contribution in [0.1, 0.15) is 94.9 Å². The van der Waals surface area contributed by atoms with E-state index in [1.807, 2.05) is 59.2 Å². The Balaban J connectivity index is 0.000000229. The van der Waals surface area contributed by atoms with Gasteiger partial charge in [0.25, 0.3) is 11.8 Å². The van der Waals surface area contributed by atoms with Gasteiger partial charge in [0.1, 0.15) is 33.0 Å². The number of nitrogens with zero attached hydrogens (tertiary/aromatic N) is 5. The number of aryl methyl sites for hydroxylation is 2. The Morgan fingerprint density at radius 2 is 1.35 bits per heavy atom. The first-order valence-corrected chi connectivity index (χ1v) is 23.0. The first kappa shape index (κ1) is 48.3. The Bertz CT molecular complexity index is 2530. The second-order valence-corrected chi connectivity index (χ2v) is 19.3. The van der Waals surface area contributed by atoms with Crippen molar-refractivity contribution < 1.29 is 38.1 Å². The van der Waals surface area contributed by atoms with Crippen LogP contribution in [0.2, 0.25) is 0 Å². The third-order valence-electron chi connectivity index (χ3n) is 11.2. The SMILES string of the molecule is CCn1c(-c2nc3cc(C(=O)N4CCC[C@@H](NC(=O)OC(C)(C)C)C4)cc(OC)c3n2C)cc2ccsc21.CNc1c(N)cc(C(=O)N2CCC[C@@H](NC(=O)OC(C)(C)C)C2)cc1OC. The summed E-state index contributed by atoms with van der Waals surface area (Å²) in [4.78, 5) is 60.5. The number of ether oxygens (including phenoxy) is 4. The van der Waals surface area contributed by atoms with Crippen molar-refractivity contribution in [3.63, 3.8) is 0 Å². The second-order valence-electron chi connectivity index (χ2n) is 18.4. The maximum absolute atomic E-state index is 13.6. The van der Waals surface area contributed by atoms with Gasteiger partial charge in [-0.3, -0.25) is 9.59 Å². The molecule has 0 saturated carbocycles. The summed E-state index contributed by atoms with van der Waals surface area (Å²) in [5.74, 6) is 1.70. The molecule has 18 heteroatoms. The van der Waals surface area contributed by atoms with Gasteiger partial charge < -0.3 is 59.6 Å². The molecule has 2 fully saturated rings. The lowest BCUT2D eigenvalue weighted by molar-refractivity contribution is 0.0446. The Morgan fingerprint density at radius 1 is 0.815 bits per heavy atom. The van der Waals surface area contributed by atoms with E-state index in [9.17, 15) is 19.2 Å². The van der Waals surface area contributed by atoms with E-state index >= 15 is 0 Å². The molecule has 352 valence electrons. The number of nitrogens with one attached hydrogen (secondary N) is 3. The van der Waals surface area contributed by atoms with Crippen LogP contribution < -0.4 is 31.2 Å². The standard InChI is InChI=1S/C28H35N5O4S.C19H30N4O4/c1-7-33-21(14-17-10-12-38-26(17)33)24-30-20-13-18(15-22(36-6)23(20)31(24)5)25(34)32-11-8-9-19(16-32)29-27(35)37-28(2,3)4;1-19(2,3)27-18(25)22-13-7-6-8-23(11-13)17(24)12-9-14(20)16(21-4)15(10-12)26-5/h10,12-15,19H,7-9,11,16H2,1-6H3,(H,29,35);9-10,13,21H,6-8,11,20H2,1-5H3,(H,22,25)/t19-;13-/m11/s1. The molecule has 5 aromatic rings. The number of imidazole rings is 1. The van der Waals surface area contributed by atoms with Crippen LogP contribution in [0.4, 0.5) is 21.0 Å². The highest BCUT2D eigenvalue weighted by molar-refractivity contribution is 7.16. The number of methoxy groups -OCH3 is 2. The Hall–Kier alpha value is -6.17. The largest absolute Gasteiger partial charge is 0.494 e. The molecule has 2 saturated heterocycles. The summed E-state index contributed by atoms with van der Waals surface area (Å²) in [5, 5.41) is 12.0. The van der Waals surface area contributed by atoms with Gasteiger partial charge in [0, 0.05) is 75.4 Å². The van der Waals surface area contributed by atoms with Crippen LogP contribution >= 0.6 is 11.3 Å². The minimum Gasteiger partial charge on any atom is -0.494 e. The third kappa shape index (κ3) is 11.4. The molecular formula is C47H65N9O8S. The van der Waals surface area contributed by atoms with Gasteiger partial charge in [0.15, 0.2) is 5.82 Å². The van der Waals surface area contributed by atoms with Gasteiger partial charge >= 0.3 is 12.2 Å². The molecule has 0 radical (unpaired) electrons. The number of benzene rings is 2. The lowest BCUT2D eigenvalue weighted by Gasteiger charge is -2.33. The molecule has 0 spiro atoms. The monoisotopic (exact) mass is 915 g/mol. The second kappa shape index (κ2) is 19.9. The number of aromatic nitrogens is 3. The van der Waals surface area contributed by atoms with Crippen LogP contribution in [0.3, 0.4) is 0 Å². The summed E-state index contributed by atoms with van der Waals surface area (Å²) in [6.45, 7) is 16.0. The molecule has 0 aliphatic carbocycles. The van der Waals surface area contributed by atoms with E-state index in [4.69, 9.17) is 29.7 Å². The van der Waals surface area contributed by atoms with Gasteiger partial charge in [-0.05, 0) is 116 Å². The molecular weight excluding hydrogens is 851 g/mol. The zero-order chi connectivity index (χ0) is 47.4.